The van der Waals surface area contributed by atoms with Crippen LogP contribution in [-0.4, -0.2) is 17.8 Å². The number of benzene rings is 3. The SMILES string of the molecule is CC(C)(C)c1ccc(Oc2ccc(N3C(=O)c4ccc(C(=O)[O-])cc4C3=O)cc2)cc1. The molecular weight excluding hydrogens is 394 g/mol. The van der Waals surface area contributed by atoms with E-state index in [-0.39, 0.29) is 22.1 Å². The lowest BCUT2D eigenvalue weighted by Gasteiger charge is -2.19. The van der Waals surface area contributed by atoms with Gasteiger partial charge < -0.3 is 14.6 Å². The van der Waals surface area contributed by atoms with Crippen molar-refractivity contribution in [3.05, 3.63) is 89.0 Å². The number of carbonyl (C=O) groups is 3. The van der Waals surface area contributed by atoms with E-state index in [0.29, 0.717) is 17.2 Å². The summed E-state index contributed by atoms with van der Waals surface area (Å²) in [6.45, 7) is 6.42. The maximum absolute atomic E-state index is 12.7. The number of nitrogens with zero attached hydrogens (tertiary/aromatic N) is 1. The number of carbonyl (C=O) groups excluding carboxylic acids is 3. The van der Waals surface area contributed by atoms with Gasteiger partial charge in [0.05, 0.1) is 22.8 Å². The number of imide groups is 1. The fourth-order valence-electron chi connectivity index (χ4n) is 3.42. The van der Waals surface area contributed by atoms with Gasteiger partial charge in [0.15, 0.2) is 0 Å². The third-order valence-electron chi connectivity index (χ3n) is 5.17. The van der Waals surface area contributed by atoms with Crippen molar-refractivity contribution in [1.29, 1.82) is 0 Å². The van der Waals surface area contributed by atoms with Crippen molar-refractivity contribution < 1.29 is 24.2 Å². The van der Waals surface area contributed by atoms with Crippen LogP contribution in [0.5, 0.6) is 11.5 Å². The van der Waals surface area contributed by atoms with Crippen molar-refractivity contribution in [1.82, 2.24) is 0 Å². The molecular formula is C25H20NO5-. The number of hydrogen-bond acceptors (Lipinski definition) is 5. The number of fused-ring (bicyclic) bond motifs is 1. The van der Waals surface area contributed by atoms with Gasteiger partial charge in [0.2, 0.25) is 0 Å². The average Bonchev–Trinajstić information content (AvgIpc) is 2.98. The molecule has 4 rings (SSSR count). The first-order chi connectivity index (χ1) is 14.6. The summed E-state index contributed by atoms with van der Waals surface area (Å²) >= 11 is 0. The van der Waals surface area contributed by atoms with Crippen LogP contribution in [0.25, 0.3) is 0 Å². The number of carboxylic acid groups (broad SMARTS) is 1. The van der Waals surface area contributed by atoms with E-state index in [0.717, 1.165) is 4.90 Å². The third-order valence-corrected chi connectivity index (χ3v) is 5.17. The molecule has 0 fully saturated rings. The molecule has 3 aromatic rings. The molecule has 0 N–H and O–H groups in total. The van der Waals surface area contributed by atoms with E-state index in [1.54, 1.807) is 24.3 Å². The zero-order valence-corrected chi connectivity index (χ0v) is 17.3. The lowest BCUT2D eigenvalue weighted by Crippen LogP contribution is -2.29. The molecule has 0 atom stereocenters. The molecule has 0 saturated heterocycles. The van der Waals surface area contributed by atoms with Crippen LogP contribution in [0.15, 0.2) is 66.7 Å². The quantitative estimate of drug-likeness (QED) is 0.604. The highest BCUT2D eigenvalue weighted by Gasteiger charge is 2.36. The number of anilines is 1. The molecule has 156 valence electrons. The Morgan fingerprint density at radius 2 is 1.35 bits per heavy atom. The molecule has 0 aromatic heterocycles. The molecule has 0 unspecified atom stereocenters. The zero-order valence-electron chi connectivity index (χ0n) is 17.3. The maximum atomic E-state index is 12.7. The molecule has 6 heteroatoms. The Balaban J connectivity index is 1.54. The van der Waals surface area contributed by atoms with Crippen LogP contribution in [0.2, 0.25) is 0 Å². The summed E-state index contributed by atoms with van der Waals surface area (Å²) in [5.41, 5.74) is 1.68. The number of amides is 2. The van der Waals surface area contributed by atoms with Crippen LogP contribution < -0.4 is 14.7 Å². The minimum atomic E-state index is -1.40. The molecule has 3 aromatic carbocycles. The smallest absolute Gasteiger partial charge is 0.266 e. The maximum Gasteiger partial charge on any atom is 0.266 e. The Labute approximate surface area is 179 Å². The van der Waals surface area contributed by atoms with Gasteiger partial charge in [0.25, 0.3) is 11.8 Å². The number of rotatable bonds is 4. The Bertz CT molecular complexity index is 1190. The first-order valence-corrected chi connectivity index (χ1v) is 9.78. The molecule has 0 aliphatic carbocycles. The van der Waals surface area contributed by atoms with Gasteiger partial charge in [-0.05, 0) is 65.1 Å². The van der Waals surface area contributed by atoms with E-state index in [4.69, 9.17) is 4.74 Å². The van der Waals surface area contributed by atoms with Gasteiger partial charge in [-0.25, -0.2) is 4.90 Å². The van der Waals surface area contributed by atoms with E-state index in [9.17, 15) is 19.5 Å². The third kappa shape index (κ3) is 3.80. The molecule has 0 bridgehead atoms. The van der Waals surface area contributed by atoms with Crippen molar-refractivity contribution in [3.8, 4) is 11.5 Å². The number of hydrogen-bond donors (Lipinski definition) is 0. The lowest BCUT2D eigenvalue weighted by atomic mass is 9.87. The van der Waals surface area contributed by atoms with Crippen LogP contribution in [0.4, 0.5) is 5.69 Å². The fourth-order valence-corrected chi connectivity index (χ4v) is 3.42. The molecule has 0 saturated carbocycles. The van der Waals surface area contributed by atoms with E-state index in [1.807, 2.05) is 24.3 Å². The van der Waals surface area contributed by atoms with Gasteiger partial charge in [-0.3, -0.25) is 9.59 Å². The van der Waals surface area contributed by atoms with Gasteiger partial charge in [0, 0.05) is 0 Å². The van der Waals surface area contributed by atoms with Gasteiger partial charge in [-0.2, -0.15) is 0 Å². The van der Waals surface area contributed by atoms with Gasteiger partial charge in [-0.1, -0.05) is 39.0 Å². The number of ether oxygens (including phenoxy) is 1. The summed E-state index contributed by atoms with van der Waals surface area (Å²) in [6.07, 6.45) is 0. The van der Waals surface area contributed by atoms with Crippen LogP contribution in [-0.2, 0) is 5.41 Å². The van der Waals surface area contributed by atoms with E-state index < -0.39 is 17.8 Å². The molecule has 0 spiro atoms. The van der Waals surface area contributed by atoms with Gasteiger partial charge >= 0.3 is 0 Å². The number of aromatic carboxylic acids is 1. The summed E-state index contributed by atoms with van der Waals surface area (Å²) in [5, 5.41) is 11.1. The molecule has 1 aliphatic rings. The molecule has 2 amide bonds. The molecule has 1 aliphatic heterocycles. The highest BCUT2D eigenvalue weighted by atomic mass is 16.5. The minimum absolute atomic E-state index is 0.0472. The fraction of sp³-hybridized carbons (Fsp3) is 0.160. The Kier molecular flexibility index (Phi) is 4.85. The van der Waals surface area contributed by atoms with E-state index in [2.05, 4.69) is 20.8 Å². The summed E-state index contributed by atoms with van der Waals surface area (Å²) in [7, 11) is 0. The topological polar surface area (TPSA) is 86.7 Å². The first-order valence-electron chi connectivity index (χ1n) is 9.78. The van der Waals surface area contributed by atoms with Crippen molar-refractivity contribution >= 4 is 23.5 Å². The van der Waals surface area contributed by atoms with Crippen molar-refractivity contribution in [3.63, 3.8) is 0 Å². The van der Waals surface area contributed by atoms with Crippen molar-refractivity contribution in [2.45, 2.75) is 26.2 Å². The van der Waals surface area contributed by atoms with Crippen LogP contribution >= 0.6 is 0 Å². The summed E-state index contributed by atoms with van der Waals surface area (Å²) in [5.74, 6) is -1.25. The average molecular weight is 414 g/mol. The molecule has 6 nitrogen and oxygen atoms in total. The second-order valence-electron chi connectivity index (χ2n) is 8.36. The highest BCUT2D eigenvalue weighted by Crippen LogP contribution is 2.32. The highest BCUT2D eigenvalue weighted by molar-refractivity contribution is 6.34. The predicted molar refractivity (Wildman–Crippen MR) is 114 cm³/mol. The predicted octanol–water partition coefficient (Wildman–Crippen LogP) is 3.94. The Hall–Kier alpha value is -3.93. The van der Waals surface area contributed by atoms with Gasteiger partial charge in [-0.15, -0.1) is 0 Å². The zero-order chi connectivity index (χ0) is 22.3. The molecule has 31 heavy (non-hydrogen) atoms. The largest absolute Gasteiger partial charge is 0.545 e. The lowest BCUT2D eigenvalue weighted by molar-refractivity contribution is -0.255. The summed E-state index contributed by atoms with van der Waals surface area (Å²) in [6, 6.07) is 18.1. The minimum Gasteiger partial charge on any atom is -0.545 e. The standard InChI is InChI=1S/C25H21NO5/c1-25(2,3)16-5-9-18(10-6-16)31-19-11-7-17(8-12-19)26-22(27)20-13-4-15(24(29)30)14-21(20)23(26)28/h4-14H,1-3H3,(H,29,30)/p-1. The second-order valence-corrected chi connectivity index (χ2v) is 8.36. The Morgan fingerprint density at radius 1 is 0.806 bits per heavy atom. The van der Waals surface area contributed by atoms with Crippen LogP contribution in [0, 0.1) is 0 Å². The van der Waals surface area contributed by atoms with E-state index in [1.165, 1.54) is 23.8 Å². The monoisotopic (exact) mass is 414 g/mol. The number of carboxylic acids is 1. The molecule has 1 heterocycles. The Morgan fingerprint density at radius 3 is 1.90 bits per heavy atom. The summed E-state index contributed by atoms with van der Waals surface area (Å²) < 4.78 is 5.86. The second kappa shape index (κ2) is 7.40. The first kappa shape index (κ1) is 20.3. The van der Waals surface area contributed by atoms with Crippen molar-refractivity contribution in [2.75, 3.05) is 4.90 Å². The molecule has 0 radical (unpaired) electrons. The van der Waals surface area contributed by atoms with Crippen molar-refractivity contribution in [2.24, 2.45) is 0 Å². The van der Waals surface area contributed by atoms with Gasteiger partial charge in [0.1, 0.15) is 11.5 Å². The van der Waals surface area contributed by atoms with Crippen LogP contribution in [0.3, 0.4) is 0 Å². The normalized spacial score (nSPS) is 13.3. The summed E-state index contributed by atoms with van der Waals surface area (Å²) in [4.78, 5) is 37.5. The van der Waals surface area contributed by atoms with Crippen LogP contribution in [0.1, 0.15) is 57.4 Å². The van der Waals surface area contributed by atoms with E-state index >= 15 is 0 Å².